The molecule has 1 aromatic heterocycles. The number of nitriles is 1. The summed E-state index contributed by atoms with van der Waals surface area (Å²) in [5.41, 5.74) is 1.92. The second-order valence-corrected chi connectivity index (χ2v) is 3.80. The highest BCUT2D eigenvalue weighted by Gasteiger charge is 2.11. The summed E-state index contributed by atoms with van der Waals surface area (Å²) in [4.78, 5) is 4.36. The number of rotatable bonds is 1. The third kappa shape index (κ3) is 1.58. The van der Waals surface area contributed by atoms with Crippen LogP contribution in [0, 0.1) is 18.3 Å². The fraction of sp³-hybridized carbons (Fsp3) is 0.167. The quantitative estimate of drug-likeness (QED) is 0.759. The van der Waals surface area contributed by atoms with E-state index in [0.717, 1.165) is 5.69 Å². The summed E-state index contributed by atoms with van der Waals surface area (Å²) in [5, 5.41) is 10.2. The molecule has 2 aromatic rings. The SMILES string of the molecule is COc1ccc(Cl)c2c(C#N)cc(C)nc12. The van der Waals surface area contributed by atoms with E-state index in [2.05, 4.69) is 11.1 Å². The van der Waals surface area contributed by atoms with Gasteiger partial charge in [-0.05, 0) is 25.1 Å². The van der Waals surface area contributed by atoms with Gasteiger partial charge >= 0.3 is 0 Å². The van der Waals surface area contributed by atoms with E-state index in [-0.39, 0.29) is 0 Å². The van der Waals surface area contributed by atoms with Crippen LogP contribution in [0.1, 0.15) is 11.3 Å². The van der Waals surface area contributed by atoms with Crippen LogP contribution in [0.3, 0.4) is 0 Å². The average molecular weight is 233 g/mol. The van der Waals surface area contributed by atoms with Crippen molar-refractivity contribution < 1.29 is 4.74 Å². The van der Waals surface area contributed by atoms with E-state index in [0.29, 0.717) is 27.2 Å². The average Bonchev–Trinajstić information content (AvgIpc) is 2.28. The Balaban J connectivity index is 2.98. The third-order valence-corrected chi connectivity index (χ3v) is 2.66. The van der Waals surface area contributed by atoms with Gasteiger partial charge in [-0.15, -0.1) is 0 Å². The van der Waals surface area contributed by atoms with Gasteiger partial charge in [0.2, 0.25) is 0 Å². The molecule has 16 heavy (non-hydrogen) atoms. The molecule has 0 aliphatic rings. The van der Waals surface area contributed by atoms with E-state index in [9.17, 15) is 0 Å². The van der Waals surface area contributed by atoms with Crippen molar-refractivity contribution in [2.75, 3.05) is 7.11 Å². The summed E-state index contributed by atoms with van der Waals surface area (Å²) < 4.78 is 5.21. The number of benzene rings is 1. The van der Waals surface area contributed by atoms with Gasteiger partial charge in [-0.1, -0.05) is 11.6 Å². The Morgan fingerprint density at radius 1 is 1.44 bits per heavy atom. The molecule has 0 atom stereocenters. The van der Waals surface area contributed by atoms with Crippen LogP contribution in [-0.4, -0.2) is 12.1 Å². The molecule has 4 heteroatoms. The van der Waals surface area contributed by atoms with Crippen LogP contribution < -0.4 is 4.74 Å². The number of ether oxygens (including phenoxy) is 1. The predicted molar refractivity (Wildman–Crippen MR) is 62.8 cm³/mol. The number of aryl methyl sites for hydroxylation is 1. The lowest BCUT2D eigenvalue weighted by Gasteiger charge is -2.08. The molecule has 0 N–H and O–H groups in total. The molecule has 3 nitrogen and oxygen atoms in total. The number of hydrogen-bond donors (Lipinski definition) is 0. The van der Waals surface area contributed by atoms with Gasteiger partial charge in [0.1, 0.15) is 11.3 Å². The van der Waals surface area contributed by atoms with Crippen LogP contribution in [0.15, 0.2) is 18.2 Å². The second kappa shape index (κ2) is 3.99. The van der Waals surface area contributed by atoms with E-state index in [1.54, 1.807) is 25.3 Å². The van der Waals surface area contributed by atoms with Crippen LogP contribution in [0.4, 0.5) is 0 Å². The Hall–Kier alpha value is -1.79. The number of fused-ring (bicyclic) bond motifs is 1. The molecule has 80 valence electrons. The van der Waals surface area contributed by atoms with Crippen molar-refractivity contribution in [2.45, 2.75) is 6.92 Å². The molecule has 0 amide bonds. The molecular formula is C12H9ClN2O. The van der Waals surface area contributed by atoms with Crippen LogP contribution in [0.2, 0.25) is 5.02 Å². The normalized spacial score (nSPS) is 10.1. The minimum absolute atomic E-state index is 0.514. The number of methoxy groups -OCH3 is 1. The molecule has 0 bridgehead atoms. The molecule has 0 saturated heterocycles. The van der Waals surface area contributed by atoms with Crippen molar-refractivity contribution in [3.8, 4) is 11.8 Å². The van der Waals surface area contributed by atoms with Crippen molar-refractivity contribution in [1.29, 1.82) is 5.26 Å². The highest BCUT2D eigenvalue weighted by Crippen LogP contribution is 2.32. The van der Waals surface area contributed by atoms with Gasteiger partial charge in [-0.3, -0.25) is 0 Å². The minimum Gasteiger partial charge on any atom is -0.494 e. The Morgan fingerprint density at radius 2 is 2.19 bits per heavy atom. The topological polar surface area (TPSA) is 45.9 Å². The maximum absolute atomic E-state index is 9.07. The highest BCUT2D eigenvalue weighted by molar-refractivity contribution is 6.36. The summed E-state index contributed by atoms with van der Waals surface area (Å²) in [5.74, 6) is 0.625. The minimum atomic E-state index is 0.514. The van der Waals surface area contributed by atoms with Gasteiger partial charge in [0.25, 0.3) is 0 Å². The first-order valence-electron chi connectivity index (χ1n) is 4.71. The molecule has 0 radical (unpaired) electrons. The zero-order chi connectivity index (χ0) is 11.7. The van der Waals surface area contributed by atoms with Gasteiger partial charge < -0.3 is 4.74 Å². The lowest BCUT2D eigenvalue weighted by Crippen LogP contribution is -1.93. The Labute approximate surface area is 98.2 Å². The first-order valence-corrected chi connectivity index (χ1v) is 5.09. The molecule has 0 spiro atoms. The highest BCUT2D eigenvalue weighted by atomic mass is 35.5. The zero-order valence-electron chi connectivity index (χ0n) is 8.91. The molecule has 1 aromatic carbocycles. The molecule has 2 rings (SSSR count). The molecule has 1 heterocycles. The predicted octanol–water partition coefficient (Wildman–Crippen LogP) is 3.08. The van der Waals surface area contributed by atoms with Crippen molar-refractivity contribution in [2.24, 2.45) is 0 Å². The van der Waals surface area contributed by atoms with Crippen LogP contribution in [0.5, 0.6) is 5.75 Å². The summed E-state index contributed by atoms with van der Waals surface area (Å²) in [6.45, 7) is 1.83. The Bertz CT molecular complexity index is 602. The largest absolute Gasteiger partial charge is 0.494 e. The van der Waals surface area contributed by atoms with Crippen LogP contribution >= 0.6 is 11.6 Å². The molecular weight excluding hydrogens is 224 g/mol. The smallest absolute Gasteiger partial charge is 0.145 e. The van der Waals surface area contributed by atoms with Crippen LogP contribution in [0.25, 0.3) is 10.9 Å². The van der Waals surface area contributed by atoms with Crippen LogP contribution in [-0.2, 0) is 0 Å². The number of nitrogens with zero attached hydrogens (tertiary/aromatic N) is 2. The van der Waals surface area contributed by atoms with E-state index >= 15 is 0 Å². The molecule has 0 aliphatic heterocycles. The molecule has 0 saturated carbocycles. The van der Waals surface area contributed by atoms with E-state index in [1.165, 1.54) is 0 Å². The Kier molecular flexibility index (Phi) is 2.67. The third-order valence-electron chi connectivity index (χ3n) is 2.34. The van der Waals surface area contributed by atoms with E-state index in [4.69, 9.17) is 21.6 Å². The van der Waals surface area contributed by atoms with Gasteiger partial charge in [0.15, 0.2) is 0 Å². The summed E-state index contributed by atoms with van der Waals surface area (Å²) in [7, 11) is 1.57. The van der Waals surface area contributed by atoms with E-state index < -0.39 is 0 Å². The Morgan fingerprint density at radius 3 is 2.81 bits per heavy atom. The molecule has 0 fully saturated rings. The molecule has 0 aliphatic carbocycles. The number of halogens is 1. The van der Waals surface area contributed by atoms with Crippen molar-refractivity contribution in [1.82, 2.24) is 4.98 Å². The lowest BCUT2D eigenvalue weighted by atomic mass is 10.1. The standard InChI is InChI=1S/C12H9ClN2O/c1-7-5-8(6-14)11-9(13)3-4-10(16-2)12(11)15-7/h3-5H,1-2H3. The van der Waals surface area contributed by atoms with Gasteiger partial charge in [-0.25, -0.2) is 4.98 Å². The molecule has 0 unspecified atom stereocenters. The summed E-state index contributed by atoms with van der Waals surface area (Å²) in [6.07, 6.45) is 0. The van der Waals surface area contributed by atoms with Crippen molar-refractivity contribution in [3.63, 3.8) is 0 Å². The maximum Gasteiger partial charge on any atom is 0.145 e. The summed E-state index contributed by atoms with van der Waals surface area (Å²) >= 11 is 6.08. The second-order valence-electron chi connectivity index (χ2n) is 3.40. The van der Waals surface area contributed by atoms with Gasteiger partial charge in [0.05, 0.1) is 23.8 Å². The van der Waals surface area contributed by atoms with Gasteiger partial charge in [-0.2, -0.15) is 5.26 Å². The first-order chi connectivity index (χ1) is 7.67. The van der Waals surface area contributed by atoms with Gasteiger partial charge in [0, 0.05) is 11.1 Å². The fourth-order valence-corrected chi connectivity index (χ4v) is 1.91. The lowest BCUT2D eigenvalue weighted by molar-refractivity contribution is 0.419. The summed E-state index contributed by atoms with van der Waals surface area (Å²) in [6, 6.07) is 7.30. The van der Waals surface area contributed by atoms with Crippen molar-refractivity contribution in [3.05, 3.63) is 34.5 Å². The number of pyridine rings is 1. The number of hydrogen-bond acceptors (Lipinski definition) is 3. The van der Waals surface area contributed by atoms with Crippen molar-refractivity contribution >= 4 is 22.5 Å². The number of aromatic nitrogens is 1. The fourth-order valence-electron chi connectivity index (χ4n) is 1.66. The maximum atomic E-state index is 9.07. The zero-order valence-corrected chi connectivity index (χ0v) is 9.67. The first kappa shape index (κ1) is 10.7. The van der Waals surface area contributed by atoms with E-state index in [1.807, 2.05) is 6.92 Å². The monoisotopic (exact) mass is 232 g/mol.